The van der Waals surface area contributed by atoms with Crippen LogP contribution in [-0.4, -0.2) is 52.9 Å². The van der Waals surface area contributed by atoms with E-state index in [1.54, 1.807) is 6.07 Å². The fraction of sp³-hybridized carbons (Fsp3) is 0.538. The molecule has 0 amide bonds. The lowest BCUT2D eigenvalue weighted by Crippen LogP contribution is -2.21. The lowest BCUT2D eigenvalue weighted by atomic mass is 10.3. The van der Waals surface area contributed by atoms with Crippen LogP contribution in [0.1, 0.15) is 26.5 Å². The average molecular weight is 327 g/mol. The van der Waals surface area contributed by atoms with Crippen molar-refractivity contribution < 1.29 is 14.7 Å². The van der Waals surface area contributed by atoms with Crippen LogP contribution in [-0.2, 0) is 9.63 Å². The monoisotopic (exact) mass is 327 g/mol. The maximum atomic E-state index is 10.7. The second kappa shape index (κ2) is 11.5. The third kappa shape index (κ3) is 7.56. The molecular formula is C13H21N5O3S. The molecule has 0 bridgehead atoms. The molecule has 0 aliphatic rings. The van der Waals surface area contributed by atoms with E-state index in [0.29, 0.717) is 0 Å². The molecule has 1 heterocycles. The van der Waals surface area contributed by atoms with Gasteiger partial charge in [-0.3, -0.25) is 0 Å². The molecule has 0 aliphatic heterocycles. The van der Waals surface area contributed by atoms with E-state index in [-0.39, 0.29) is 23.1 Å². The Morgan fingerprint density at radius 2 is 2.09 bits per heavy atom. The zero-order valence-corrected chi connectivity index (χ0v) is 13.8. The maximum Gasteiger partial charge on any atom is 0.360 e. The van der Waals surface area contributed by atoms with Crippen LogP contribution < -0.4 is 5.73 Å². The largest absolute Gasteiger partial charge is 0.476 e. The van der Waals surface area contributed by atoms with Crippen molar-refractivity contribution in [2.75, 3.05) is 32.0 Å². The second-order valence-electron chi connectivity index (χ2n) is 3.87. The smallest absolute Gasteiger partial charge is 0.360 e. The number of carboxylic acid groups (broad SMARTS) is 1. The van der Waals surface area contributed by atoms with Crippen LogP contribution in [0.25, 0.3) is 0 Å². The molecule has 1 rings (SSSR count). The molecular weight excluding hydrogens is 306 g/mol. The Kier molecular flexibility index (Phi) is 10.3. The van der Waals surface area contributed by atoms with Crippen molar-refractivity contribution >= 4 is 28.1 Å². The number of hydrogen-bond acceptors (Lipinski definition) is 8. The van der Waals surface area contributed by atoms with Gasteiger partial charge in [-0.05, 0) is 19.6 Å². The third-order valence-corrected chi connectivity index (χ3v) is 3.27. The molecule has 0 saturated heterocycles. The first-order valence-corrected chi connectivity index (χ1v) is 7.61. The number of nitrogen functional groups attached to an aromatic ring is 1. The fourth-order valence-corrected chi connectivity index (χ4v) is 1.94. The Labute approximate surface area is 133 Å². The number of rotatable bonds is 7. The lowest BCUT2D eigenvalue weighted by Gasteiger charge is -2.13. The highest BCUT2D eigenvalue weighted by Gasteiger charge is 2.16. The molecule has 9 heteroatoms. The van der Waals surface area contributed by atoms with Gasteiger partial charge in [-0.2, -0.15) is 5.26 Å². The lowest BCUT2D eigenvalue weighted by molar-refractivity contribution is -0.129. The Balaban J connectivity index is 0.000000534. The highest BCUT2D eigenvalue weighted by Crippen LogP contribution is 2.12. The van der Waals surface area contributed by atoms with Crippen molar-refractivity contribution in [1.82, 2.24) is 9.88 Å². The van der Waals surface area contributed by atoms with E-state index in [0.717, 1.165) is 11.3 Å². The first-order chi connectivity index (χ1) is 10.5. The summed E-state index contributed by atoms with van der Waals surface area (Å²) in [6.45, 7) is 9.80. The molecule has 0 atom stereocenters. The van der Waals surface area contributed by atoms with Gasteiger partial charge in [0, 0.05) is 5.38 Å². The number of thiazole rings is 1. The molecule has 0 spiro atoms. The van der Waals surface area contributed by atoms with E-state index in [1.807, 2.05) is 0 Å². The Bertz CT molecular complexity index is 514. The summed E-state index contributed by atoms with van der Waals surface area (Å²) in [5, 5.41) is 21.9. The first-order valence-electron chi connectivity index (χ1n) is 6.73. The highest BCUT2D eigenvalue weighted by molar-refractivity contribution is 7.13. The highest BCUT2D eigenvalue weighted by atomic mass is 32.1. The van der Waals surface area contributed by atoms with Gasteiger partial charge in [0.15, 0.2) is 5.13 Å². The predicted octanol–water partition coefficient (Wildman–Crippen LogP) is 1.40. The topological polar surface area (TPSA) is 125 Å². The van der Waals surface area contributed by atoms with Crippen LogP contribution >= 0.6 is 11.3 Å². The Hall–Kier alpha value is -2.18. The number of nitriles is 1. The summed E-state index contributed by atoms with van der Waals surface area (Å²) in [6, 6.07) is 1.65. The second-order valence-corrected chi connectivity index (χ2v) is 4.76. The van der Waals surface area contributed by atoms with Crippen molar-refractivity contribution in [3.8, 4) is 6.07 Å². The van der Waals surface area contributed by atoms with Crippen LogP contribution in [0.5, 0.6) is 0 Å². The molecule has 1 aromatic heterocycles. The quantitative estimate of drug-likeness (QED) is 0.440. The van der Waals surface area contributed by atoms with Crippen molar-refractivity contribution in [1.29, 1.82) is 5.26 Å². The van der Waals surface area contributed by atoms with Crippen LogP contribution in [0.3, 0.4) is 0 Å². The van der Waals surface area contributed by atoms with Crippen molar-refractivity contribution in [2.24, 2.45) is 5.16 Å². The van der Waals surface area contributed by atoms with Crippen LogP contribution in [0, 0.1) is 11.3 Å². The zero-order valence-electron chi connectivity index (χ0n) is 12.9. The van der Waals surface area contributed by atoms with E-state index in [1.165, 1.54) is 25.0 Å². The molecule has 0 aliphatic carbocycles. The van der Waals surface area contributed by atoms with E-state index in [2.05, 4.69) is 40.6 Å². The number of aliphatic carboxylic acids is 1. The van der Waals surface area contributed by atoms with Gasteiger partial charge in [0.2, 0.25) is 12.3 Å². The number of nitrogens with two attached hydrogens (primary N) is 1. The summed E-state index contributed by atoms with van der Waals surface area (Å²) in [7, 11) is 0. The van der Waals surface area contributed by atoms with Crippen molar-refractivity contribution in [3.63, 3.8) is 0 Å². The van der Waals surface area contributed by atoms with E-state index < -0.39 is 5.97 Å². The zero-order chi connectivity index (χ0) is 17.0. The van der Waals surface area contributed by atoms with Crippen LogP contribution in [0.2, 0.25) is 0 Å². The number of nitrogens with zero attached hydrogens (tertiary/aromatic N) is 4. The number of aromatic nitrogens is 1. The SMILES string of the molecule is CCN(CC)CC.N#CCO/N=C(\C(=O)O)c1csc(N)n1. The molecule has 1 aromatic rings. The number of hydrogen-bond donors (Lipinski definition) is 2. The van der Waals surface area contributed by atoms with E-state index in [9.17, 15) is 4.79 Å². The van der Waals surface area contributed by atoms with Gasteiger partial charge in [-0.1, -0.05) is 25.9 Å². The Morgan fingerprint density at radius 3 is 2.41 bits per heavy atom. The van der Waals surface area contributed by atoms with Gasteiger partial charge in [0.05, 0.1) is 0 Å². The number of oxime groups is 1. The maximum absolute atomic E-state index is 10.7. The summed E-state index contributed by atoms with van der Waals surface area (Å²) in [5.74, 6) is -1.29. The minimum Gasteiger partial charge on any atom is -0.476 e. The molecule has 0 unspecified atom stereocenters. The normalized spacial score (nSPS) is 10.6. The first kappa shape index (κ1) is 19.8. The number of anilines is 1. The Morgan fingerprint density at radius 1 is 1.50 bits per heavy atom. The molecule has 22 heavy (non-hydrogen) atoms. The van der Waals surface area contributed by atoms with Crippen LogP contribution in [0.4, 0.5) is 5.13 Å². The van der Waals surface area contributed by atoms with Crippen molar-refractivity contribution in [2.45, 2.75) is 20.8 Å². The molecule has 0 saturated carbocycles. The standard InChI is InChI=1S/C7H6N4O3S.C6H15N/c8-1-2-14-11-5(6(12)13)4-3-15-7(9)10-4;1-4-7(5-2)6-3/h3H,2H2,(H2,9,10)(H,12,13);4-6H2,1-3H3/b11-5-;. The van der Waals surface area contributed by atoms with E-state index in [4.69, 9.17) is 16.1 Å². The molecule has 122 valence electrons. The summed E-state index contributed by atoms with van der Waals surface area (Å²) in [4.78, 5) is 21.3. The summed E-state index contributed by atoms with van der Waals surface area (Å²) in [6.07, 6.45) is 0. The number of carboxylic acids is 1. The van der Waals surface area contributed by atoms with Crippen LogP contribution in [0.15, 0.2) is 10.5 Å². The summed E-state index contributed by atoms with van der Waals surface area (Å²) >= 11 is 1.09. The average Bonchev–Trinajstić information content (AvgIpc) is 2.92. The van der Waals surface area contributed by atoms with Gasteiger partial charge in [0.25, 0.3) is 0 Å². The van der Waals surface area contributed by atoms with Crippen molar-refractivity contribution in [3.05, 3.63) is 11.1 Å². The van der Waals surface area contributed by atoms with Gasteiger partial charge in [0.1, 0.15) is 11.8 Å². The van der Waals surface area contributed by atoms with E-state index >= 15 is 0 Å². The fourth-order valence-electron chi connectivity index (χ4n) is 1.39. The predicted molar refractivity (Wildman–Crippen MR) is 85.7 cm³/mol. The molecule has 8 nitrogen and oxygen atoms in total. The minimum absolute atomic E-state index is 0.114. The molecule has 3 N–H and O–H groups in total. The van der Waals surface area contributed by atoms with Gasteiger partial charge in [-0.25, -0.2) is 9.78 Å². The molecule has 0 radical (unpaired) electrons. The summed E-state index contributed by atoms with van der Waals surface area (Å²) in [5.41, 5.74) is 5.07. The van der Waals surface area contributed by atoms with Gasteiger partial charge in [-0.15, -0.1) is 11.3 Å². The number of carbonyl (C=O) groups is 1. The molecule has 0 fully saturated rings. The van der Waals surface area contributed by atoms with Gasteiger partial charge >= 0.3 is 5.97 Å². The summed E-state index contributed by atoms with van der Waals surface area (Å²) < 4.78 is 0. The minimum atomic E-state index is -1.29. The van der Waals surface area contributed by atoms with Gasteiger partial charge < -0.3 is 20.6 Å². The molecule has 0 aromatic carbocycles. The third-order valence-electron chi connectivity index (χ3n) is 2.59.